The Bertz CT molecular complexity index is 712. The molecule has 0 N–H and O–H groups in total. The number of methoxy groups -OCH3 is 1. The molecule has 0 bridgehead atoms. The summed E-state index contributed by atoms with van der Waals surface area (Å²) in [4.78, 5) is 0. The zero-order valence-corrected chi connectivity index (χ0v) is 20.9. The molecule has 0 aliphatic carbocycles. The zero-order valence-electron chi connectivity index (χ0n) is 19.2. The molecule has 3 atom stereocenters. The molecule has 0 saturated heterocycles. The van der Waals surface area contributed by atoms with Crippen molar-refractivity contribution < 1.29 is 52.7 Å². The molecular weight excluding hydrogens is 502 g/mol. The highest BCUT2D eigenvalue weighted by Gasteiger charge is 2.49. The fraction of sp³-hybridized carbons (Fsp3) is 1.00. The standard InChI is InChI=1S/C6H11F3O3S.C6H14O2S.C5H9F3O.2CH4/c1-5(7,8)6(2,9)12-4-13(3,10)11;1-4-6(2)5-9(3,7)8;1-4(6,7)5(2,8)9-3;;/h4H2,1-3H3;6H,4-5H2,1-3H3;1-3H3;2*1H4. The van der Waals surface area contributed by atoms with E-state index in [2.05, 4.69) is 9.47 Å². The van der Waals surface area contributed by atoms with Gasteiger partial charge in [0.2, 0.25) is 0 Å². The quantitative estimate of drug-likeness (QED) is 0.348. The summed E-state index contributed by atoms with van der Waals surface area (Å²) in [5.41, 5.74) is 0. The van der Waals surface area contributed by atoms with Crippen molar-refractivity contribution in [1.29, 1.82) is 0 Å². The molecule has 0 aromatic carbocycles. The SMILES string of the molecule is C.C.CC(F)(F)C(C)(F)OCS(C)(=O)=O.CCC(C)CS(C)(=O)=O.COC(C)(F)C(C)(F)F. The second-order valence-corrected chi connectivity index (χ2v) is 11.9. The van der Waals surface area contributed by atoms with Crippen molar-refractivity contribution in [3.63, 3.8) is 0 Å². The number of halogens is 6. The van der Waals surface area contributed by atoms with Gasteiger partial charge in [0.1, 0.15) is 9.84 Å². The van der Waals surface area contributed by atoms with Crippen LogP contribution in [0.1, 0.15) is 62.8 Å². The monoisotopic (exact) mass is 544 g/mol. The normalized spacial score (nSPS) is 16.7. The number of ether oxygens (including phenoxy) is 2. The fourth-order valence-electron chi connectivity index (χ4n) is 1.16. The highest BCUT2D eigenvalue weighted by Crippen LogP contribution is 2.33. The minimum Gasteiger partial charge on any atom is -0.345 e. The maximum absolute atomic E-state index is 12.9. The summed E-state index contributed by atoms with van der Waals surface area (Å²) in [6.45, 7) is 5.90. The summed E-state index contributed by atoms with van der Waals surface area (Å²) in [5, 5.41) is 0. The van der Waals surface area contributed by atoms with Gasteiger partial charge in [-0.3, -0.25) is 0 Å². The Balaban J connectivity index is -0.000000118. The van der Waals surface area contributed by atoms with Crippen LogP contribution < -0.4 is 0 Å². The van der Waals surface area contributed by atoms with Crippen LogP contribution >= 0.6 is 0 Å². The van der Waals surface area contributed by atoms with Crippen LogP contribution in [0.25, 0.3) is 0 Å². The lowest BCUT2D eigenvalue weighted by atomic mass is 10.2. The molecule has 0 saturated carbocycles. The molecule has 14 heteroatoms. The molecule has 208 valence electrons. The molecule has 6 nitrogen and oxygen atoms in total. The fourth-order valence-corrected chi connectivity index (χ4v) is 2.86. The van der Waals surface area contributed by atoms with Crippen molar-refractivity contribution in [2.45, 2.75) is 86.4 Å². The summed E-state index contributed by atoms with van der Waals surface area (Å²) in [7, 11) is -5.45. The molecule has 33 heavy (non-hydrogen) atoms. The molecular formula is C19H42F6O6S2. The molecule has 0 aliphatic heterocycles. The predicted octanol–water partition coefficient (Wildman–Crippen LogP) is 5.67. The topological polar surface area (TPSA) is 86.7 Å². The van der Waals surface area contributed by atoms with Crippen LogP contribution in [-0.2, 0) is 29.1 Å². The summed E-state index contributed by atoms with van der Waals surface area (Å²) < 4.78 is 124. The summed E-state index contributed by atoms with van der Waals surface area (Å²) in [6.07, 6.45) is 2.98. The van der Waals surface area contributed by atoms with Gasteiger partial charge in [0, 0.05) is 47.3 Å². The second kappa shape index (κ2) is 15.4. The number of alkyl halides is 6. The van der Waals surface area contributed by atoms with Gasteiger partial charge < -0.3 is 9.47 Å². The van der Waals surface area contributed by atoms with E-state index in [9.17, 15) is 43.2 Å². The minimum atomic E-state index is -3.74. The Morgan fingerprint density at radius 3 is 1.21 bits per heavy atom. The van der Waals surface area contributed by atoms with Crippen LogP contribution in [-0.4, -0.2) is 71.7 Å². The van der Waals surface area contributed by atoms with Crippen LogP contribution in [0, 0.1) is 5.92 Å². The van der Waals surface area contributed by atoms with E-state index in [0.717, 1.165) is 19.8 Å². The average molecular weight is 545 g/mol. The minimum absolute atomic E-state index is 0. The number of hydrogen-bond acceptors (Lipinski definition) is 6. The molecule has 0 aromatic rings. The van der Waals surface area contributed by atoms with E-state index in [0.29, 0.717) is 39.4 Å². The zero-order chi connectivity index (χ0) is 26.1. The van der Waals surface area contributed by atoms with Gasteiger partial charge in [0.05, 0.1) is 5.75 Å². The molecule has 0 heterocycles. The molecule has 0 spiro atoms. The van der Waals surface area contributed by atoms with Gasteiger partial charge in [-0.05, 0) is 5.92 Å². The van der Waals surface area contributed by atoms with Gasteiger partial charge in [0.25, 0.3) is 11.7 Å². The highest BCUT2D eigenvalue weighted by molar-refractivity contribution is 7.90. The van der Waals surface area contributed by atoms with Crippen molar-refractivity contribution in [3.8, 4) is 0 Å². The van der Waals surface area contributed by atoms with Crippen LogP contribution in [0.15, 0.2) is 0 Å². The van der Waals surface area contributed by atoms with Crippen LogP contribution in [0.4, 0.5) is 26.3 Å². The molecule has 3 unspecified atom stereocenters. The van der Waals surface area contributed by atoms with Crippen LogP contribution in [0.2, 0.25) is 0 Å². The van der Waals surface area contributed by atoms with E-state index >= 15 is 0 Å². The van der Waals surface area contributed by atoms with Gasteiger partial charge in [-0.25, -0.2) is 43.2 Å². The van der Waals surface area contributed by atoms with Gasteiger partial charge in [-0.15, -0.1) is 0 Å². The third-order valence-electron chi connectivity index (χ3n) is 3.78. The molecule has 0 rings (SSSR count). The first-order chi connectivity index (χ1) is 13.2. The largest absolute Gasteiger partial charge is 0.345 e. The second-order valence-electron chi connectivity index (χ2n) is 7.61. The molecule has 0 radical (unpaired) electrons. The first kappa shape index (κ1) is 42.6. The van der Waals surface area contributed by atoms with E-state index in [-0.39, 0.29) is 14.9 Å². The van der Waals surface area contributed by atoms with E-state index < -0.39 is 49.2 Å². The predicted molar refractivity (Wildman–Crippen MR) is 121 cm³/mol. The van der Waals surface area contributed by atoms with Crippen molar-refractivity contribution in [2.24, 2.45) is 5.92 Å². The Morgan fingerprint density at radius 1 is 0.758 bits per heavy atom. The lowest BCUT2D eigenvalue weighted by Crippen LogP contribution is -2.42. The van der Waals surface area contributed by atoms with E-state index in [1.54, 1.807) is 0 Å². The van der Waals surface area contributed by atoms with E-state index in [4.69, 9.17) is 0 Å². The molecule has 0 aliphatic rings. The van der Waals surface area contributed by atoms with Crippen molar-refractivity contribution >= 4 is 19.7 Å². The van der Waals surface area contributed by atoms with Crippen LogP contribution in [0.5, 0.6) is 0 Å². The first-order valence-corrected chi connectivity index (χ1v) is 13.0. The van der Waals surface area contributed by atoms with Crippen molar-refractivity contribution in [1.82, 2.24) is 0 Å². The Hall–Kier alpha value is -0.600. The number of rotatable bonds is 9. The molecule has 0 amide bonds. The maximum Gasteiger partial charge on any atom is 0.302 e. The van der Waals surface area contributed by atoms with Gasteiger partial charge >= 0.3 is 11.8 Å². The Kier molecular flexibility index (Phi) is 19.9. The first-order valence-electron chi connectivity index (χ1n) is 8.90. The number of hydrogen-bond donors (Lipinski definition) is 0. The third-order valence-corrected chi connectivity index (χ3v) is 5.50. The van der Waals surface area contributed by atoms with E-state index in [1.165, 1.54) is 6.26 Å². The summed E-state index contributed by atoms with van der Waals surface area (Å²) in [5.74, 6) is -13.7. The van der Waals surface area contributed by atoms with E-state index in [1.807, 2.05) is 13.8 Å². The molecule has 0 fully saturated rings. The lowest BCUT2D eigenvalue weighted by molar-refractivity contribution is -0.251. The van der Waals surface area contributed by atoms with Gasteiger partial charge in [-0.2, -0.15) is 0 Å². The van der Waals surface area contributed by atoms with Crippen LogP contribution in [0.3, 0.4) is 0 Å². The summed E-state index contributed by atoms with van der Waals surface area (Å²) >= 11 is 0. The maximum atomic E-state index is 12.9. The third kappa shape index (κ3) is 22.9. The van der Waals surface area contributed by atoms with Gasteiger partial charge in [-0.1, -0.05) is 35.1 Å². The average Bonchev–Trinajstić information content (AvgIpc) is 2.50. The Morgan fingerprint density at radius 2 is 1.09 bits per heavy atom. The Labute approximate surface area is 196 Å². The summed E-state index contributed by atoms with van der Waals surface area (Å²) in [6, 6.07) is 0. The number of sulfone groups is 2. The lowest BCUT2D eigenvalue weighted by Gasteiger charge is -2.26. The van der Waals surface area contributed by atoms with Gasteiger partial charge in [0.15, 0.2) is 15.8 Å². The smallest absolute Gasteiger partial charge is 0.302 e. The van der Waals surface area contributed by atoms with Crippen molar-refractivity contribution in [2.75, 3.05) is 31.3 Å². The highest BCUT2D eigenvalue weighted by atomic mass is 32.2. The molecule has 0 aromatic heterocycles. The van der Waals surface area contributed by atoms with Crippen molar-refractivity contribution in [3.05, 3.63) is 0 Å².